The lowest BCUT2D eigenvalue weighted by Gasteiger charge is -2.03. The number of aromatic carboxylic acids is 1. The third-order valence-corrected chi connectivity index (χ3v) is 4.52. The van der Waals surface area contributed by atoms with Gasteiger partial charge >= 0.3 is 5.97 Å². The van der Waals surface area contributed by atoms with Crippen LogP contribution in [-0.2, 0) is 0 Å². The average molecular weight is 413 g/mol. The Morgan fingerprint density at radius 3 is 2.59 bits per heavy atom. The van der Waals surface area contributed by atoms with E-state index in [0.717, 1.165) is 21.6 Å². The molecule has 0 aliphatic rings. The van der Waals surface area contributed by atoms with Crippen LogP contribution in [-0.4, -0.2) is 25.7 Å². The van der Waals surface area contributed by atoms with Crippen LogP contribution in [0.15, 0.2) is 54.7 Å². The second-order valence-electron chi connectivity index (χ2n) is 6.37. The monoisotopic (exact) mass is 412 g/mol. The molecule has 2 heterocycles. The number of aromatic nitrogens is 3. The Balaban J connectivity index is 0.000000176. The lowest BCUT2D eigenvalue weighted by atomic mass is 10.2. The van der Waals surface area contributed by atoms with Crippen LogP contribution >= 0.6 is 11.6 Å². The van der Waals surface area contributed by atoms with Crippen molar-refractivity contribution in [3.63, 3.8) is 0 Å². The first-order valence-electron chi connectivity index (χ1n) is 8.62. The van der Waals surface area contributed by atoms with Crippen LogP contribution in [0.1, 0.15) is 21.7 Å². The number of nitrogens with two attached hydrogens (primary N) is 1. The molecule has 0 atom stereocenters. The molecule has 4 rings (SSSR count). The third-order valence-electron chi connectivity index (χ3n) is 4.29. The van der Waals surface area contributed by atoms with Gasteiger partial charge in [0.05, 0.1) is 16.8 Å². The summed E-state index contributed by atoms with van der Waals surface area (Å²) < 4.78 is 14.7. The van der Waals surface area contributed by atoms with Crippen molar-refractivity contribution in [2.45, 2.75) is 13.8 Å². The summed E-state index contributed by atoms with van der Waals surface area (Å²) in [5.74, 6) is 4.62. The summed E-state index contributed by atoms with van der Waals surface area (Å²) in [6.45, 7) is 3.54. The molecule has 0 spiro atoms. The molecule has 0 fully saturated rings. The Labute approximate surface area is 171 Å². The van der Waals surface area contributed by atoms with Crippen LogP contribution in [0, 0.1) is 19.7 Å². The van der Waals surface area contributed by atoms with Crippen molar-refractivity contribution >= 4 is 28.5 Å². The van der Waals surface area contributed by atoms with Crippen LogP contribution in [0.5, 0.6) is 0 Å². The Kier molecular flexibility index (Phi) is 5.79. The first-order valence-corrected chi connectivity index (χ1v) is 8.99. The molecular formula is C21H18ClFN4O2. The second kappa shape index (κ2) is 8.28. The quantitative estimate of drug-likeness (QED) is 0.469. The minimum atomic E-state index is -1.08. The van der Waals surface area contributed by atoms with Gasteiger partial charge in [-0.3, -0.25) is 4.68 Å². The van der Waals surface area contributed by atoms with E-state index >= 15 is 0 Å². The first kappa shape index (κ1) is 20.3. The van der Waals surface area contributed by atoms with Gasteiger partial charge in [0.2, 0.25) is 0 Å². The van der Waals surface area contributed by atoms with Gasteiger partial charge in [-0.25, -0.2) is 19.2 Å². The minimum absolute atomic E-state index is 0.0464. The third kappa shape index (κ3) is 4.52. The highest BCUT2D eigenvalue weighted by Crippen LogP contribution is 2.21. The van der Waals surface area contributed by atoms with Crippen molar-refractivity contribution in [1.29, 1.82) is 0 Å². The molecule has 0 amide bonds. The van der Waals surface area contributed by atoms with E-state index in [2.05, 4.69) is 9.97 Å². The van der Waals surface area contributed by atoms with Gasteiger partial charge in [-0.05, 0) is 50.2 Å². The molecular weight excluding hydrogens is 395 g/mol. The normalized spacial score (nSPS) is 10.5. The van der Waals surface area contributed by atoms with Crippen LogP contribution < -0.4 is 5.84 Å². The molecule has 8 heteroatoms. The first-order chi connectivity index (χ1) is 13.8. The van der Waals surface area contributed by atoms with Gasteiger partial charge in [0.15, 0.2) is 5.82 Å². The zero-order valence-corrected chi connectivity index (χ0v) is 16.5. The number of rotatable bonds is 2. The lowest BCUT2D eigenvalue weighted by molar-refractivity contribution is 0.0695. The van der Waals surface area contributed by atoms with Gasteiger partial charge in [-0.1, -0.05) is 23.7 Å². The van der Waals surface area contributed by atoms with Crippen molar-refractivity contribution in [1.82, 2.24) is 14.6 Å². The maximum Gasteiger partial charge on any atom is 0.339 e. The molecule has 0 saturated heterocycles. The molecule has 0 unspecified atom stereocenters. The standard InChI is InChI=1S/C12H9FN2O2.C9H9ClN2/c1-7-10(12(16)17)6-14-11(15-7)8-3-2-4-9(13)5-8;1-6-4-7-5-8(10)2-3-9(7)12(6)11/h2-6H,1H3,(H,16,17);2-5H,11H2,1H3. The largest absolute Gasteiger partial charge is 0.478 e. The molecule has 3 N–H and O–H groups in total. The fraction of sp³-hybridized carbons (Fsp3) is 0.0952. The molecule has 0 aliphatic heterocycles. The number of benzene rings is 2. The summed E-state index contributed by atoms with van der Waals surface area (Å²) in [4.78, 5) is 18.7. The zero-order valence-electron chi connectivity index (χ0n) is 15.7. The summed E-state index contributed by atoms with van der Waals surface area (Å²) in [6.07, 6.45) is 1.23. The molecule has 4 aromatic rings. The minimum Gasteiger partial charge on any atom is -0.478 e. The summed E-state index contributed by atoms with van der Waals surface area (Å²) in [5.41, 5.74) is 2.96. The van der Waals surface area contributed by atoms with E-state index in [9.17, 15) is 9.18 Å². The highest BCUT2D eigenvalue weighted by atomic mass is 35.5. The number of halogens is 2. The smallest absolute Gasteiger partial charge is 0.339 e. The Morgan fingerprint density at radius 2 is 1.93 bits per heavy atom. The van der Waals surface area contributed by atoms with Crippen molar-refractivity contribution in [2.24, 2.45) is 0 Å². The van der Waals surface area contributed by atoms with E-state index in [-0.39, 0.29) is 11.4 Å². The van der Waals surface area contributed by atoms with E-state index in [4.69, 9.17) is 22.6 Å². The molecule has 6 nitrogen and oxygen atoms in total. The van der Waals surface area contributed by atoms with E-state index in [1.165, 1.54) is 18.3 Å². The number of carboxylic acids is 1. The topological polar surface area (TPSA) is 94.0 Å². The van der Waals surface area contributed by atoms with Gasteiger partial charge in [0.1, 0.15) is 5.82 Å². The van der Waals surface area contributed by atoms with Crippen LogP contribution in [0.4, 0.5) is 4.39 Å². The Bertz CT molecular complexity index is 1210. The lowest BCUT2D eigenvalue weighted by Crippen LogP contribution is -2.08. The van der Waals surface area contributed by atoms with Gasteiger partial charge in [0, 0.05) is 27.9 Å². The second-order valence-corrected chi connectivity index (χ2v) is 6.80. The maximum absolute atomic E-state index is 13.0. The number of carbonyl (C=O) groups is 1. The van der Waals surface area contributed by atoms with Crippen LogP contribution in [0.2, 0.25) is 5.02 Å². The number of hydrogen-bond donors (Lipinski definition) is 2. The van der Waals surface area contributed by atoms with Crippen molar-refractivity contribution in [2.75, 3.05) is 5.84 Å². The zero-order chi connectivity index (χ0) is 21.1. The summed E-state index contributed by atoms with van der Waals surface area (Å²) in [7, 11) is 0. The van der Waals surface area contributed by atoms with Gasteiger partial charge in [0.25, 0.3) is 0 Å². The number of nitrogens with zero attached hydrogens (tertiary/aromatic N) is 3. The summed E-state index contributed by atoms with van der Waals surface area (Å²) in [5, 5.41) is 10.7. The van der Waals surface area contributed by atoms with E-state index in [1.54, 1.807) is 23.7 Å². The number of hydrogen-bond acceptors (Lipinski definition) is 4. The van der Waals surface area contributed by atoms with Gasteiger partial charge in [-0.15, -0.1) is 0 Å². The molecule has 0 aliphatic carbocycles. The number of nitrogen functional groups attached to an aromatic ring is 1. The number of aryl methyl sites for hydroxylation is 2. The Hall–Kier alpha value is -3.45. The van der Waals surface area contributed by atoms with E-state index < -0.39 is 5.97 Å². The molecule has 29 heavy (non-hydrogen) atoms. The van der Waals surface area contributed by atoms with Gasteiger partial charge < -0.3 is 10.9 Å². The van der Waals surface area contributed by atoms with Gasteiger partial charge in [-0.2, -0.15) is 0 Å². The predicted molar refractivity (Wildman–Crippen MR) is 111 cm³/mol. The van der Waals surface area contributed by atoms with Crippen molar-refractivity contribution in [3.05, 3.63) is 82.5 Å². The fourth-order valence-corrected chi connectivity index (χ4v) is 2.97. The molecule has 2 aromatic carbocycles. The van der Waals surface area contributed by atoms with Crippen LogP contribution in [0.3, 0.4) is 0 Å². The van der Waals surface area contributed by atoms with Crippen molar-refractivity contribution < 1.29 is 14.3 Å². The molecule has 0 bridgehead atoms. The average Bonchev–Trinajstić information content (AvgIpc) is 2.95. The molecule has 0 radical (unpaired) electrons. The number of carboxylic acid groups (broad SMARTS) is 1. The Morgan fingerprint density at radius 1 is 1.17 bits per heavy atom. The van der Waals surface area contributed by atoms with Crippen molar-refractivity contribution in [3.8, 4) is 11.4 Å². The number of fused-ring (bicyclic) bond motifs is 1. The SMILES string of the molecule is Cc1cc2cc(Cl)ccc2n1N.Cc1nc(-c2cccc(F)c2)ncc1C(=O)O. The predicted octanol–water partition coefficient (Wildman–Crippen LogP) is 4.61. The van der Waals surface area contributed by atoms with Crippen LogP contribution in [0.25, 0.3) is 22.3 Å². The van der Waals surface area contributed by atoms with E-state index in [0.29, 0.717) is 17.1 Å². The molecule has 0 saturated carbocycles. The fourth-order valence-electron chi connectivity index (χ4n) is 2.79. The molecule has 148 valence electrons. The highest BCUT2D eigenvalue weighted by Gasteiger charge is 2.11. The summed E-state index contributed by atoms with van der Waals surface area (Å²) >= 11 is 5.83. The highest BCUT2D eigenvalue weighted by molar-refractivity contribution is 6.31. The molecule has 2 aromatic heterocycles. The van der Waals surface area contributed by atoms with E-state index in [1.807, 2.05) is 31.2 Å². The summed E-state index contributed by atoms with van der Waals surface area (Å²) in [6, 6.07) is 13.5. The maximum atomic E-state index is 13.0.